The van der Waals surface area contributed by atoms with Gasteiger partial charge in [0.25, 0.3) is 11.8 Å². The molecule has 43 heavy (non-hydrogen) atoms. The first-order valence-corrected chi connectivity index (χ1v) is 13.9. The second-order valence-corrected chi connectivity index (χ2v) is 10.7. The van der Waals surface area contributed by atoms with E-state index in [2.05, 4.69) is 5.32 Å². The molecule has 1 heterocycles. The third-order valence-electron chi connectivity index (χ3n) is 7.97. The van der Waals surface area contributed by atoms with Crippen LogP contribution in [0.5, 0.6) is 0 Å². The number of fused-ring (bicyclic) bond motifs is 2. The zero-order valence-corrected chi connectivity index (χ0v) is 24.2. The fourth-order valence-electron chi connectivity index (χ4n) is 5.28. The van der Waals surface area contributed by atoms with Crippen molar-refractivity contribution in [2.45, 2.75) is 32.5 Å². The Kier molecular flexibility index (Phi) is 8.03. The molecule has 1 aliphatic rings. The van der Waals surface area contributed by atoms with Crippen LogP contribution in [0.15, 0.2) is 84.9 Å². The van der Waals surface area contributed by atoms with Crippen LogP contribution in [0.25, 0.3) is 10.8 Å². The van der Waals surface area contributed by atoms with E-state index in [1.807, 2.05) is 43.3 Å². The standard InChI is InChI=1S/C33H33N5O5/c1-20-12-13-22-8-4-5-9-25(22)26(20)18-37-28-10-6-7-11-29(28)38(31(40)23-14-16-24(34)17-15-23)19-27(32(37)41)35-30(39)21(2)36(3)33(42)43/h4-17,21,27H,18-19,34H2,1-3H3,(H,35,39)(H,42,43)/t21-,27-/m0/s1. The van der Waals surface area contributed by atoms with Crippen LogP contribution in [0.2, 0.25) is 0 Å². The maximum absolute atomic E-state index is 14.4. The number of carboxylic acid groups (broad SMARTS) is 1. The van der Waals surface area contributed by atoms with Crippen LogP contribution in [-0.4, -0.2) is 59.5 Å². The first-order chi connectivity index (χ1) is 20.6. The molecule has 0 spiro atoms. The maximum Gasteiger partial charge on any atom is 0.407 e. The molecular formula is C33H33N5O5. The number of benzene rings is 4. The number of likely N-dealkylation sites (N-methyl/N-ethyl adjacent to an activating group) is 1. The number of carbonyl (C=O) groups is 4. The van der Waals surface area contributed by atoms with Crippen molar-refractivity contribution in [3.63, 3.8) is 0 Å². The molecule has 0 unspecified atom stereocenters. The lowest BCUT2D eigenvalue weighted by Crippen LogP contribution is -2.56. The van der Waals surface area contributed by atoms with E-state index in [4.69, 9.17) is 5.73 Å². The lowest BCUT2D eigenvalue weighted by atomic mass is 9.99. The molecule has 0 saturated carbocycles. The summed E-state index contributed by atoms with van der Waals surface area (Å²) in [5.41, 5.74) is 9.64. The van der Waals surface area contributed by atoms with Crippen LogP contribution >= 0.6 is 0 Å². The molecule has 0 aromatic heterocycles. The van der Waals surface area contributed by atoms with E-state index < -0.39 is 30.0 Å². The molecule has 4 aromatic rings. The lowest BCUT2D eigenvalue weighted by Gasteiger charge is -2.28. The van der Waals surface area contributed by atoms with Crippen molar-refractivity contribution in [1.82, 2.24) is 10.2 Å². The van der Waals surface area contributed by atoms with E-state index in [9.17, 15) is 24.3 Å². The highest BCUT2D eigenvalue weighted by Crippen LogP contribution is 2.36. The number of rotatable bonds is 6. The van der Waals surface area contributed by atoms with Crippen LogP contribution < -0.4 is 20.9 Å². The largest absolute Gasteiger partial charge is 0.465 e. The molecule has 10 heteroatoms. The Hall–Kier alpha value is -5.38. The van der Waals surface area contributed by atoms with Gasteiger partial charge < -0.3 is 26.0 Å². The van der Waals surface area contributed by atoms with Crippen LogP contribution in [0, 0.1) is 6.92 Å². The second kappa shape index (κ2) is 11.8. The number of anilines is 3. The minimum absolute atomic E-state index is 0.167. The summed E-state index contributed by atoms with van der Waals surface area (Å²) < 4.78 is 0. The molecule has 2 atom stereocenters. The average Bonchev–Trinajstić information content (AvgIpc) is 3.12. The summed E-state index contributed by atoms with van der Waals surface area (Å²) in [4.78, 5) is 57.1. The van der Waals surface area contributed by atoms with Crippen LogP contribution in [0.4, 0.5) is 21.9 Å². The summed E-state index contributed by atoms with van der Waals surface area (Å²) in [5, 5.41) is 14.2. The molecule has 4 amide bonds. The van der Waals surface area contributed by atoms with Crippen molar-refractivity contribution in [3.8, 4) is 0 Å². The number of nitrogens with one attached hydrogen (secondary N) is 1. The predicted molar refractivity (Wildman–Crippen MR) is 166 cm³/mol. The van der Waals surface area contributed by atoms with E-state index in [0.29, 0.717) is 22.6 Å². The molecule has 0 aliphatic carbocycles. The first-order valence-electron chi connectivity index (χ1n) is 13.9. The zero-order chi connectivity index (χ0) is 30.8. The number of hydrogen-bond acceptors (Lipinski definition) is 5. The minimum atomic E-state index is -1.28. The van der Waals surface area contributed by atoms with Gasteiger partial charge in [-0.15, -0.1) is 0 Å². The quantitative estimate of drug-likeness (QED) is 0.290. The van der Waals surface area contributed by atoms with Crippen molar-refractivity contribution < 1.29 is 24.3 Å². The summed E-state index contributed by atoms with van der Waals surface area (Å²) >= 11 is 0. The van der Waals surface area contributed by atoms with Gasteiger partial charge in [0, 0.05) is 18.3 Å². The van der Waals surface area contributed by atoms with Gasteiger partial charge in [-0.2, -0.15) is 0 Å². The fourth-order valence-corrected chi connectivity index (χ4v) is 5.28. The minimum Gasteiger partial charge on any atom is -0.465 e. The Bertz CT molecular complexity index is 1720. The molecule has 10 nitrogen and oxygen atoms in total. The normalized spacial score (nSPS) is 15.4. The summed E-state index contributed by atoms with van der Waals surface area (Å²) in [5.74, 6) is -1.46. The molecule has 220 valence electrons. The highest BCUT2D eigenvalue weighted by molar-refractivity contribution is 6.13. The van der Waals surface area contributed by atoms with Gasteiger partial charge in [0.1, 0.15) is 12.1 Å². The average molecular weight is 580 g/mol. The zero-order valence-electron chi connectivity index (χ0n) is 24.2. The summed E-state index contributed by atoms with van der Waals surface area (Å²) in [6, 6.07) is 23.3. The molecule has 4 aromatic carbocycles. The Morgan fingerprint density at radius 1 is 0.977 bits per heavy atom. The van der Waals surface area contributed by atoms with Crippen LogP contribution in [-0.2, 0) is 16.1 Å². The third kappa shape index (κ3) is 5.72. The van der Waals surface area contributed by atoms with Crippen LogP contribution in [0.1, 0.15) is 28.4 Å². The molecule has 0 bridgehead atoms. The van der Waals surface area contributed by atoms with Gasteiger partial charge in [-0.1, -0.05) is 48.5 Å². The number of hydrogen-bond donors (Lipinski definition) is 3. The third-order valence-corrected chi connectivity index (χ3v) is 7.97. The fraction of sp³-hybridized carbons (Fsp3) is 0.212. The van der Waals surface area contributed by atoms with E-state index in [-0.39, 0.29) is 19.0 Å². The van der Waals surface area contributed by atoms with Crippen LogP contribution in [0.3, 0.4) is 0 Å². The van der Waals surface area contributed by atoms with E-state index in [1.165, 1.54) is 18.9 Å². The maximum atomic E-state index is 14.4. The Morgan fingerprint density at radius 3 is 2.33 bits per heavy atom. The molecule has 5 rings (SSSR count). The van der Waals surface area contributed by atoms with Crippen molar-refractivity contribution in [1.29, 1.82) is 0 Å². The highest BCUT2D eigenvalue weighted by atomic mass is 16.4. The number of nitrogens with two attached hydrogens (primary N) is 1. The number of aryl methyl sites for hydroxylation is 1. The molecule has 0 saturated heterocycles. The predicted octanol–water partition coefficient (Wildman–Crippen LogP) is 4.41. The molecule has 1 aliphatic heterocycles. The number of amides is 4. The van der Waals surface area contributed by atoms with Gasteiger partial charge in [-0.05, 0) is 72.1 Å². The van der Waals surface area contributed by atoms with Gasteiger partial charge in [0.15, 0.2) is 0 Å². The number of carbonyl (C=O) groups excluding carboxylic acids is 3. The van der Waals surface area contributed by atoms with Crippen molar-refractivity contribution in [2.75, 3.05) is 29.1 Å². The molecule has 4 N–H and O–H groups in total. The number of nitrogens with zero attached hydrogens (tertiary/aromatic N) is 3. The van der Waals surface area contributed by atoms with Gasteiger partial charge in [0.05, 0.1) is 24.5 Å². The lowest BCUT2D eigenvalue weighted by molar-refractivity contribution is -0.129. The van der Waals surface area contributed by atoms with Gasteiger partial charge in [-0.25, -0.2) is 4.79 Å². The SMILES string of the molecule is Cc1ccc2ccccc2c1CN1C(=O)[C@@H](NC(=O)[C@H](C)N(C)C(=O)O)CN(C(=O)c2ccc(N)cc2)c2ccccc21. The first kappa shape index (κ1) is 29.1. The van der Waals surface area contributed by atoms with Crippen molar-refractivity contribution >= 4 is 51.6 Å². The van der Waals surface area contributed by atoms with Gasteiger partial charge in [0.2, 0.25) is 5.91 Å². The molecule has 0 radical (unpaired) electrons. The Balaban J connectivity index is 1.62. The number of para-hydroxylation sites is 2. The van der Waals surface area contributed by atoms with Crippen molar-refractivity contribution in [3.05, 3.63) is 102 Å². The number of nitrogen functional groups attached to an aromatic ring is 1. The summed E-state index contributed by atoms with van der Waals surface area (Å²) in [7, 11) is 1.28. The van der Waals surface area contributed by atoms with Crippen molar-refractivity contribution in [2.24, 2.45) is 0 Å². The second-order valence-electron chi connectivity index (χ2n) is 10.7. The summed E-state index contributed by atoms with van der Waals surface area (Å²) in [6.45, 7) is 3.44. The molecule has 0 fully saturated rings. The highest BCUT2D eigenvalue weighted by Gasteiger charge is 2.38. The topological polar surface area (TPSA) is 136 Å². The monoisotopic (exact) mass is 579 g/mol. The molecular weight excluding hydrogens is 546 g/mol. The Labute approximate surface area is 249 Å². The van der Waals surface area contributed by atoms with E-state index >= 15 is 0 Å². The smallest absolute Gasteiger partial charge is 0.407 e. The van der Waals surface area contributed by atoms with Gasteiger partial charge >= 0.3 is 6.09 Å². The summed E-state index contributed by atoms with van der Waals surface area (Å²) in [6.07, 6.45) is -1.28. The van der Waals surface area contributed by atoms with E-state index in [0.717, 1.165) is 26.8 Å². The van der Waals surface area contributed by atoms with Gasteiger partial charge in [-0.3, -0.25) is 19.3 Å². The van der Waals surface area contributed by atoms with E-state index in [1.54, 1.807) is 53.4 Å². The Morgan fingerprint density at radius 2 is 1.63 bits per heavy atom.